The molecule has 0 saturated carbocycles. The van der Waals surface area contributed by atoms with E-state index in [2.05, 4.69) is 13.8 Å². The van der Waals surface area contributed by atoms with Crippen LogP contribution < -0.4 is 0 Å². The third-order valence-electron chi connectivity index (χ3n) is 0.875. The molecule has 0 spiro atoms. The molecular weight excluding hydrogens is 244 g/mol. The summed E-state index contributed by atoms with van der Waals surface area (Å²) in [6.45, 7) is 6.46. The van der Waals surface area contributed by atoms with Crippen LogP contribution in [0.2, 0.25) is 3.46 Å². The van der Waals surface area contributed by atoms with Crippen LogP contribution in [0.1, 0.15) is 27.2 Å². The molecule has 60 valence electrons. The van der Waals surface area contributed by atoms with E-state index < -0.39 is 0 Å². The third-order valence-corrected chi connectivity index (χ3v) is 1.24. The van der Waals surface area contributed by atoms with Gasteiger partial charge in [-0.2, -0.15) is 0 Å². The molecule has 0 aromatic heterocycles. The first-order chi connectivity index (χ1) is 4.45. The van der Waals surface area contributed by atoms with Crippen molar-refractivity contribution < 1.29 is 9.53 Å². The van der Waals surface area contributed by atoms with Crippen molar-refractivity contribution in [2.75, 3.05) is 6.61 Å². The zero-order valence-corrected chi connectivity index (χ0v) is 9.23. The number of carbonyl (C=O) groups excluding carboxylic acids is 1. The average molecular weight is 258 g/mol. The molecule has 0 radical (unpaired) electrons. The predicted molar refractivity (Wildman–Crippen MR) is 42.4 cm³/mol. The Bertz CT molecular complexity index is 115. The first-order valence-electron chi connectivity index (χ1n) is 3.33. The van der Waals surface area contributed by atoms with Crippen molar-refractivity contribution in [2.24, 2.45) is 0 Å². The van der Waals surface area contributed by atoms with Gasteiger partial charge in [-0.05, 0) is 0 Å². The van der Waals surface area contributed by atoms with Gasteiger partial charge in [-0.3, -0.25) is 0 Å². The number of rotatable bonds is 3. The fourth-order valence-corrected chi connectivity index (χ4v) is 0.543. The minimum atomic E-state index is -0.108. The van der Waals surface area contributed by atoms with Crippen LogP contribution in [0, 0.1) is 0 Å². The van der Waals surface area contributed by atoms with Crippen molar-refractivity contribution in [1.29, 1.82) is 0 Å². The molecule has 0 bridgehead atoms. The van der Waals surface area contributed by atoms with E-state index in [-0.39, 0.29) is 9.43 Å². The van der Waals surface area contributed by atoms with Gasteiger partial charge in [0.15, 0.2) is 0 Å². The summed E-state index contributed by atoms with van der Waals surface area (Å²) in [5, 5.41) is 0. The molecule has 0 aromatic carbocycles. The van der Waals surface area contributed by atoms with Crippen LogP contribution >= 0.6 is 0 Å². The van der Waals surface area contributed by atoms with E-state index in [9.17, 15) is 4.79 Å². The first kappa shape index (κ1) is 10.3. The van der Waals surface area contributed by atoms with Gasteiger partial charge < -0.3 is 0 Å². The Morgan fingerprint density at radius 3 is 2.40 bits per heavy atom. The summed E-state index contributed by atoms with van der Waals surface area (Å²) in [6, 6.07) is 0. The van der Waals surface area contributed by atoms with Gasteiger partial charge in [0.05, 0.1) is 0 Å². The van der Waals surface area contributed by atoms with Crippen molar-refractivity contribution in [3.63, 3.8) is 0 Å². The van der Waals surface area contributed by atoms with Gasteiger partial charge in [-0.25, -0.2) is 0 Å². The number of hydrogen-bond acceptors (Lipinski definition) is 2. The molecule has 0 rings (SSSR count). The molecule has 0 fully saturated rings. The zero-order valence-electron chi connectivity index (χ0n) is 6.68. The van der Waals surface area contributed by atoms with Crippen LogP contribution in [0.15, 0.2) is 0 Å². The van der Waals surface area contributed by atoms with E-state index in [1.807, 2.05) is 0 Å². The Kier molecular flexibility index (Phi) is 4.31. The second-order valence-electron chi connectivity index (χ2n) is 2.83. The van der Waals surface area contributed by atoms with E-state index in [1.165, 1.54) is 0 Å². The van der Waals surface area contributed by atoms with Crippen molar-refractivity contribution in [2.45, 2.75) is 30.7 Å². The average Bonchev–Trinajstić information content (AvgIpc) is 1.81. The van der Waals surface area contributed by atoms with E-state index >= 15 is 0 Å². The zero-order chi connectivity index (χ0) is 8.20. The van der Waals surface area contributed by atoms with Crippen LogP contribution in [-0.4, -0.2) is 34.9 Å². The molecule has 0 atom stereocenters. The topological polar surface area (TPSA) is 26.3 Å². The molecule has 2 nitrogen and oxygen atoms in total. The van der Waals surface area contributed by atoms with E-state index in [0.717, 1.165) is 0 Å². The Hall–Kier alpha value is 0.260. The van der Waals surface area contributed by atoms with Crippen LogP contribution in [0.4, 0.5) is 0 Å². The molecule has 0 aromatic rings. The molecule has 0 saturated heterocycles. The Labute approximate surface area is 75.2 Å². The SMILES string of the molecule is CCC(=O)OCC(C)(C)[TeH]. The molecule has 0 amide bonds. The fraction of sp³-hybridized carbons (Fsp3) is 0.857. The Balaban J connectivity index is 3.46. The van der Waals surface area contributed by atoms with Crippen LogP contribution in [0.25, 0.3) is 0 Å². The van der Waals surface area contributed by atoms with Crippen molar-refractivity contribution in [3.05, 3.63) is 0 Å². The molecular formula is C7H14O2Te. The molecule has 0 aliphatic heterocycles. The summed E-state index contributed by atoms with van der Waals surface area (Å²) in [4.78, 5) is 10.6. The van der Waals surface area contributed by atoms with E-state index in [0.29, 0.717) is 13.0 Å². The van der Waals surface area contributed by atoms with Gasteiger partial charge >= 0.3 is 75.1 Å². The number of hydrogen-bond donors (Lipinski definition) is 0. The summed E-state index contributed by atoms with van der Waals surface area (Å²) < 4.78 is 5.07. The van der Waals surface area contributed by atoms with Crippen LogP contribution in [0.3, 0.4) is 0 Å². The second kappa shape index (κ2) is 4.20. The molecule has 0 aliphatic rings. The van der Waals surface area contributed by atoms with Gasteiger partial charge in [0.25, 0.3) is 0 Å². The van der Waals surface area contributed by atoms with Crippen LogP contribution in [-0.2, 0) is 9.53 Å². The Morgan fingerprint density at radius 2 is 2.10 bits per heavy atom. The number of carbonyl (C=O) groups is 1. The summed E-state index contributed by atoms with van der Waals surface area (Å²) in [5.74, 6) is -0.108. The van der Waals surface area contributed by atoms with Crippen LogP contribution in [0.5, 0.6) is 0 Å². The molecule has 3 heteroatoms. The molecule has 0 unspecified atom stereocenters. The fourth-order valence-electron chi connectivity index (χ4n) is 0.359. The normalized spacial score (nSPS) is 11.2. The van der Waals surface area contributed by atoms with E-state index in [1.54, 1.807) is 29.2 Å². The monoisotopic (exact) mass is 260 g/mol. The minimum absolute atomic E-state index is 0.108. The Morgan fingerprint density at radius 1 is 1.60 bits per heavy atom. The predicted octanol–water partition coefficient (Wildman–Crippen LogP) is 1.04. The molecule has 10 heavy (non-hydrogen) atoms. The van der Waals surface area contributed by atoms with Crippen molar-refractivity contribution >= 4 is 28.3 Å². The maximum absolute atomic E-state index is 10.6. The summed E-state index contributed by atoms with van der Waals surface area (Å²) in [5.41, 5.74) is 0. The summed E-state index contributed by atoms with van der Waals surface area (Å²) >= 11 is 1.69. The van der Waals surface area contributed by atoms with Gasteiger partial charge in [-0.1, -0.05) is 0 Å². The third kappa shape index (κ3) is 6.38. The molecule has 0 N–H and O–H groups in total. The van der Waals surface area contributed by atoms with Gasteiger partial charge in [-0.15, -0.1) is 0 Å². The maximum atomic E-state index is 10.6. The molecule has 0 aliphatic carbocycles. The first-order valence-corrected chi connectivity index (χ1v) is 4.61. The second-order valence-corrected chi connectivity index (χ2v) is 6.28. The van der Waals surface area contributed by atoms with Gasteiger partial charge in [0.1, 0.15) is 0 Å². The number of ether oxygens (including phenoxy) is 1. The summed E-state index contributed by atoms with van der Waals surface area (Å²) in [6.07, 6.45) is 0.474. The number of esters is 1. The summed E-state index contributed by atoms with van der Waals surface area (Å²) in [7, 11) is 0. The van der Waals surface area contributed by atoms with Crippen molar-refractivity contribution in [1.82, 2.24) is 0 Å². The van der Waals surface area contributed by atoms with E-state index in [4.69, 9.17) is 4.74 Å². The standard InChI is InChI=1S/C7H14O2Te/c1-4-6(8)9-5-7(2,3)10/h10H,4-5H2,1-3H3. The van der Waals surface area contributed by atoms with Gasteiger partial charge in [0.2, 0.25) is 0 Å². The van der Waals surface area contributed by atoms with Gasteiger partial charge in [0, 0.05) is 0 Å². The van der Waals surface area contributed by atoms with Crippen molar-refractivity contribution in [3.8, 4) is 0 Å². The molecule has 0 heterocycles. The quantitative estimate of drug-likeness (QED) is 0.558.